The summed E-state index contributed by atoms with van der Waals surface area (Å²) < 4.78 is 27.7. The van der Waals surface area contributed by atoms with Crippen LogP contribution in [0.25, 0.3) is 0 Å². The molecule has 2 aromatic rings. The molecule has 0 spiro atoms. The normalized spacial score (nSPS) is 15.2. The Morgan fingerprint density at radius 2 is 1.79 bits per heavy atom. The predicted molar refractivity (Wildman–Crippen MR) is 137 cm³/mol. The molecule has 182 valence electrons. The molecular weight excluding hydrogens is 483 g/mol. The number of rotatable bonds is 8. The van der Waals surface area contributed by atoms with Gasteiger partial charge in [0.2, 0.25) is 5.91 Å². The van der Waals surface area contributed by atoms with E-state index in [0.717, 1.165) is 25.9 Å². The molecule has 1 fully saturated rings. The van der Waals surface area contributed by atoms with E-state index in [4.69, 9.17) is 11.6 Å². The molecule has 1 amide bonds. The van der Waals surface area contributed by atoms with Crippen molar-refractivity contribution in [1.29, 1.82) is 0 Å². The highest BCUT2D eigenvalue weighted by Gasteiger charge is 2.25. The Kier molecular flexibility index (Phi) is 10.00. The zero-order valence-electron chi connectivity index (χ0n) is 19.2. The summed E-state index contributed by atoms with van der Waals surface area (Å²) in [6.07, 6.45) is 2.06. The number of carbonyl (C=O) groups excluding carboxylic acids is 1. The lowest BCUT2D eigenvalue weighted by Crippen LogP contribution is -2.44. The quantitative estimate of drug-likeness (QED) is 0.577. The zero-order valence-corrected chi connectivity index (χ0v) is 21.6. The smallest absolute Gasteiger partial charge is 0.264 e. The third-order valence-electron chi connectivity index (χ3n) is 5.84. The van der Waals surface area contributed by atoms with Crippen LogP contribution in [0.1, 0.15) is 19.8 Å². The van der Waals surface area contributed by atoms with Crippen LogP contribution in [-0.4, -0.2) is 70.4 Å². The van der Waals surface area contributed by atoms with Crippen LogP contribution in [0.4, 0.5) is 11.4 Å². The van der Waals surface area contributed by atoms with Gasteiger partial charge in [0.05, 0.1) is 27.8 Å². The monoisotopic (exact) mass is 514 g/mol. The van der Waals surface area contributed by atoms with Crippen molar-refractivity contribution in [2.45, 2.75) is 30.7 Å². The van der Waals surface area contributed by atoms with E-state index < -0.39 is 10.0 Å². The molecule has 0 atom stereocenters. The Balaban J connectivity index is 0.00000385. The second kappa shape index (κ2) is 12.0. The van der Waals surface area contributed by atoms with Gasteiger partial charge in [0.15, 0.2) is 0 Å². The first kappa shape index (κ1) is 27.4. The molecule has 1 saturated heterocycles. The average Bonchev–Trinajstić information content (AvgIpc) is 2.76. The number of amides is 1. The summed E-state index contributed by atoms with van der Waals surface area (Å²) in [5, 5.41) is 3.00. The Bertz CT molecular complexity index is 1030. The molecule has 0 radical (unpaired) electrons. The molecule has 0 saturated carbocycles. The van der Waals surface area contributed by atoms with Gasteiger partial charge in [-0.2, -0.15) is 0 Å². The zero-order chi connectivity index (χ0) is 23.3. The van der Waals surface area contributed by atoms with E-state index in [9.17, 15) is 13.2 Å². The summed E-state index contributed by atoms with van der Waals surface area (Å²) in [6.45, 7) is 4.36. The Morgan fingerprint density at radius 1 is 1.15 bits per heavy atom. The number of likely N-dealkylation sites (N-methyl/N-ethyl adjacent to an activating group) is 1. The number of piperidine rings is 1. The highest BCUT2D eigenvalue weighted by Crippen LogP contribution is 2.29. The van der Waals surface area contributed by atoms with E-state index in [-0.39, 0.29) is 41.3 Å². The third-order valence-corrected chi connectivity index (χ3v) is 8.05. The number of nitrogens with one attached hydrogen (secondary N) is 1. The van der Waals surface area contributed by atoms with Crippen LogP contribution >= 0.6 is 24.0 Å². The fraction of sp³-hybridized carbons (Fsp3) is 0.435. The first-order chi connectivity index (χ1) is 15.2. The van der Waals surface area contributed by atoms with Crippen LogP contribution in [0.3, 0.4) is 0 Å². The molecule has 0 bridgehead atoms. The first-order valence-electron chi connectivity index (χ1n) is 10.8. The minimum Gasteiger partial charge on any atom is -0.324 e. The van der Waals surface area contributed by atoms with E-state index in [2.05, 4.69) is 22.2 Å². The van der Waals surface area contributed by atoms with E-state index in [0.29, 0.717) is 17.4 Å². The maximum Gasteiger partial charge on any atom is 0.264 e. The van der Waals surface area contributed by atoms with Gasteiger partial charge < -0.3 is 10.2 Å². The molecular formula is C23H32Cl2N4O3S. The summed E-state index contributed by atoms with van der Waals surface area (Å²) >= 11 is 6.36. The van der Waals surface area contributed by atoms with Crippen LogP contribution in [0.15, 0.2) is 53.4 Å². The molecule has 7 nitrogen and oxygen atoms in total. The lowest BCUT2D eigenvalue weighted by atomic mass is 10.0. The van der Waals surface area contributed by atoms with Gasteiger partial charge in [-0.25, -0.2) is 8.42 Å². The fourth-order valence-electron chi connectivity index (χ4n) is 3.95. The lowest BCUT2D eigenvalue weighted by molar-refractivity contribution is -0.117. The summed E-state index contributed by atoms with van der Waals surface area (Å²) in [4.78, 5) is 17.0. The minimum atomic E-state index is -3.79. The molecule has 0 aliphatic carbocycles. The molecule has 1 heterocycles. The Morgan fingerprint density at radius 3 is 2.36 bits per heavy atom. The van der Waals surface area contributed by atoms with Crippen LogP contribution in [0.2, 0.25) is 5.02 Å². The standard InChI is InChI=1S/C23H31ClN4O3S.ClH/c1-4-28(19-8-6-5-7-9-19)32(30,31)20-10-11-22(21(24)16-20)25-23(29)17-27(3)18-12-14-26(2)15-13-18;/h5-11,16,18H,4,12-15,17H2,1-3H3,(H,25,29);1H. The topological polar surface area (TPSA) is 73.0 Å². The predicted octanol–water partition coefficient (Wildman–Crippen LogP) is 3.94. The fourth-order valence-corrected chi connectivity index (χ4v) is 5.74. The van der Waals surface area contributed by atoms with Crippen molar-refractivity contribution in [1.82, 2.24) is 9.80 Å². The highest BCUT2D eigenvalue weighted by atomic mass is 35.5. The maximum absolute atomic E-state index is 13.2. The second-order valence-electron chi connectivity index (χ2n) is 8.14. The maximum atomic E-state index is 13.2. The minimum absolute atomic E-state index is 0. The molecule has 0 aromatic heterocycles. The molecule has 1 aliphatic rings. The van der Waals surface area contributed by atoms with Gasteiger partial charge in [0.1, 0.15) is 0 Å². The number of carbonyl (C=O) groups is 1. The molecule has 1 N–H and O–H groups in total. The number of anilines is 2. The number of hydrogen-bond donors (Lipinski definition) is 1. The van der Waals surface area contributed by atoms with E-state index in [1.54, 1.807) is 37.3 Å². The number of halogens is 2. The van der Waals surface area contributed by atoms with Gasteiger partial charge in [-0.15, -0.1) is 12.4 Å². The number of hydrogen-bond acceptors (Lipinski definition) is 5. The second-order valence-corrected chi connectivity index (χ2v) is 10.4. The van der Waals surface area contributed by atoms with Crippen molar-refractivity contribution in [2.75, 3.05) is 49.9 Å². The van der Waals surface area contributed by atoms with Gasteiger partial charge in [-0.1, -0.05) is 29.8 Å². The first-order valence-corrected chi connectivity index (χ1v) is 12.6. The largest absolute Gasteiger partial charge is 0.324 e. The summed E-state index contributed by atoms with van der Waals surface area (Å²) in [7, 11) is 0.274. The SMILES string of the molecule is CCN(c1ccccc1)S(=O)(=O)c1ccc(NC(=O)CN(C)C2CCN(C)CC2)c(Cl)c1.Cl. The van der Waals surface area contributed by atoms with Gasteiger partial charge >= 0.3 is 0 Å². The van der Waals surface area contributed by atoms with Crippen molar-refractivity contribution in [3.8, 4) is 0 Å². The van der Waals surface area contributed by atoms with Crippen molar-refractivity contribution in [3.05, 3.63) is 53.6 Å². The van der Waals surface area contributed by atoms with Gasteiger partial charge in [0.25, 0.3) is 10.0 Å². The molecule has 33 heavy (non-hydrogen) atoms. The number of likely N-dealkylation sites (tertiary alicyclic amines) is 1. The third kappa shape index (κ3) is 6.83. The molecule has 3 rings (SSSR count). The van der Waals surface area contributed by atoms with E-state index in [1.165, 1.54) is 16.4 Å². The molecule has 2 aromatic carbocycles. The van der Waals surface area contributed by atoms with E-state index in [1.807, 2.05) is 13.1 Å². The average molecular weight is 516 g/mol. The van der Waals surface area contributed by atoms with Gasteiger partial charge in [-0.05, 0) is 77.3 Å². The number of para-hydroxylation sites is 1. The van der Waals surface area contributed by atoms with Crippen LogP contribution in [0, 0.1) is 0 Å². The van der Waals surface area contributed by atoms with Crippen molar-refractivity contribution >= 4 is 51.3 Å². The number of benzene rings is 2. The Labute approximate surface area is 208 Å². The summed E-state index contributed by atoms with van der Waals surface area (Å²) in [5.41, 5.74) is 0.982. The number of nitrogens with zero attached hydrogens (tertiary/aromatic N) is 3. The number of sulfonamides is 1. The summed E-state index contributed by atoms with van der Waals surface area (Å²) in [6, 6.07) is 13.7. The highest BCUT2D eigenvalue weighted by molar-refractivity contribution is 7.92. The lowest BCUT2D eigenvalue weighted by Gasteiger charge is -2.34. The van der Waals surface area contributed by atoms with Gasteiger partial charge in [0, 0.05) is 12.6 Å². The molecule has 0 unspecified atom stereocenters. The van der Waals surface area contributed by atoms with Gasteiger partial charge in [-0.3, -0.25) is 14.0 Å². The van der Waals surface area contributed by atoms with Crippen molar-refractivity contribution in [3.63, 3.8) is 0 Å². The van der Waals surface area contributed by atoms with E-state index >= 15 is 0 Å². The Hall–Kier alpha value is -1.84. The molecule has 1 aliphatic heterocycles. The summed E-state index contributed by atoms with van der Waals surface area (Å²) in [5.74, 6) is -0.177. The van der Waals surface area contributed by atoms with Crippen molar-refractivity contribution in [2.24, 2.45) is 0 Å². The van der Waals surface area contributed by atoms with Crippen molar-refractivity contribution < 1.29 is 13.2 Å². The molecule has 10 heteroatoms. The van der Waals surface area contributed by atoms with Crippen LogP contribution < -0.4 is 9.62 Å². The van der Waals surface area contributed by atoms with Crippen LogP contribution in [-0.2, 0) is 14.8 Å². The van der Waals surface area contributed by atoms with Crippen LogP contribution in [0.5, 0.6) is 0 Å².